The van der Waals surface area contributed by atoms with Crippen LogP contribution in [-0.4, -0.2) is 37.4 Å². The number of hydrogen-bond acceptors (Lipinski definition) is 4. The first-order valence-corrected chi connectivity index (χ1v) is 9.77. The molecule has 1 aromatic carbocycles. The lowest BCUT2D eigenvalue weighted by Crippen LogP contribution is -2.28. The Morgan fingerprint density at radius 3 is 2.54 bits per heavy atom. The lowest BCUT2D eigenvalue weighted by atomic mass is 10.1. The molecule has 0 bridgehead atoms. The van der Waals surface area contributed by atoms with E-state index in [4.69, 9.17) is 0 Å². The van der Waals surface area contributed by atoms with Crippen LogP contribution in [-0.2, 0) is 10.0 Å². The average molecular weight is 351 g/mol. The first kappa shape index (κ1) is 18.6. The Kier molecular flexibility index (Phi) is 6.12. The topological polar surface area (TPSA) is 78.8 Å². The van der Waals surface area contributed by atoms with Gasteiger partial charge in [-0.25, -0.2) is 13.8 Å². The molecule has 1 aromatic rings. The molecule has 0 aliphatic carbocycles. The molecule has 0 atom stereocenters. The summed E-state index contributed by atoms with van der Waals surface area (Å²) in [6.07, 6.45) is 2.51. The highest BCUT2D eigenvalue weighted by molar-refractivity contribution is 7.89. The van der Waals surface area contributed by atoms with Crippen LogP contribution >= 0.6 is 0 Å². The minimum Gasteiger partial charge on any atom is -0.267 e. The van der Waals surface area contributed by atoms with Gasteiger partial charge >= 0.3 is 0 Å². The third-order valence-electron chi connectivity index (χ3n) is 4.13. The van der Waals surface area contributed by atoms with Gasteiger partial charge in [0.25, 0.3) is 5.91 Å². The number of hydrogen-bond donors (Lipinski definition) is 1. The summed E-state index contributed by atoms with van der Waals surface area (Å²) in [4.78, 5) is 12.4. The number of carbonyl (C=O) groups is 1. The monoisotopic (exact) mass is 351 g/mol. The van der Waals surface area contributed by atoms with Crippen LogP contribution in [0.2, 0.25) is 0 Å². The van der Waals surface area contributed by atoms with E-state index in [1.807, 2.05) is 20.8 Å². The van der Waals surface area contributed by atoms with Crippen molar-refractivity contribution in [2.45, 2.75) is 44.9 Å². The minimum absolute atomic E-state index is 0.153. The Bertz CT molecular complexity index is 720. The summed E-state index contributed by atoms with van der Waals surface area (Å²) < 4.78 is 26.6. The second-order valence-electron chi connectivity index (χ2n) is 6.19. The van der Waals surface area contributed by atoms with E-state index in [9.17, 15) is 13.2 Å². The molecule has 24 heavy (non-hydrogen) atoms. The molecule has 1 saturated heterocycles. The van der Waals surface area contributed by atoms with Crippen LogP contribution < -0.4 is 5.43 Å². The van der Waals surface area contributed by atoms with Crippen LogP contribution in [0.1, 0.15) is 50.4 Å². The maximum atomic E-state index is 12.6. The van der Waals surface area contributed by atoms with Crippen molar-refractivity contribution in [3.8, 4) is 0 Å². The third-order valence-corrected chi connectivity index (χ3v) is 6.02. The summed E-state index contributed by atoms with van der Waals surface area (Å²) in [5, 5.41) is 4.14. The van der Waals surface area contributed by atoms with Crippen LogP contribution in [0, 0.1) is 5.92 Å². The number of sulfonamides is 1. The van der Waals surface area contributed by atoms with E-state index in [2.05, 4.69) is 10.5 Å². The van der Waals surface area contributed by atoms with Crippen LogP contribution in [0.4, 0.5) is 0 Å². The van der Waals surface area contributed by atoms with Gasteiger partial charge in [0.05, 0.1) is 4.90 Å². The Morgan fingerprint density at radius 2 is 1.96 bits per heavy atom. The molecule has 132 valence electrons. The summed E-state index contributed by atoms with van der Waals surface area (Å²) >= 11 is 0. The van der Waals surface area contributed by atoms with E-state index in [-0.39, 0.29) is 10.8 Å². The van der Waals surface area contributed by atoms with E-state index in [1.54, 1.807) is 12.1 Å². The fourth-order valence-corrected chi connectivity index (χ4v) is 4.24. The number of nitrogens with zero attached hydrogens (tertiary/aromatic N) is 2. The second-order valence-corrected chi connectivity index (χ2v) is 8.13. The lowest BCUT2D eigenvalue weighted by Gasteiger charge is -2.15. The van der Waals surface area contributed by atoms with Gasteiger partial charge in [-0.15, -0.1) is 0 Å². The number of benzene rings is 1. The molecule has 1 aliphatic heterocycles. The summed E-state index contributed by atoms with van der Waals surface area (Å²) in [5.74, 6) is -0.155. The van der Waals surface area contributed by atoms with Crippen LogP contribution in [0.25, 0.3) is 0 Å². The number of hydrazone groups is 1. The largest absolute Gasteiger partial charge is 0.271 e. The van der Waals surface area contributed by atoms with Crippen LogP contribution in [0.3, 0.4) is 0 Å². The van der Waals surface area contributed by atoms with E-state index in [1.165, 1.54) is 16.4 Å². The standard InChI is InChI=1S/C17H25N3O3S/c1-4-16(13(2)3)18-19-17(21)14-8-7-9-15(12-14)24(22,23)20-10-5-6-11-20/h7-9,12-13H,4-6,10-11H2,1-3H3,(H,19,21)/b18-16-. The summed E-state index contributed by atoms with van der Waals surface area (Å²) in [6.45, 7) is 7.08. The van der Waals surface area contributed by atoms with Gasteiger partial charge in [0.1, 0.15) is 0 Å². The summed E-state index contributed by atoms with van der Waals surface area (Å²) in [7, 11) is -3.53. The van der Waals surface area contributed by atoms with Crippen molar-refractivity contribution >= 4 is 21.6 Å². The molecule has 0 unspecified atom stereocenters. The van der Waals surface area contributed by atoms with E-state index >= 15 is 0 Å². The van der Waals surface area contributed by atoms with Crippen molar-refractivity contribution in [2.24, 2.45) is 11.0 Å². The van der Waals surface area contributed by atoms with E-state index in [0.29, 0.717) is 18.7 Å². The van der Waals surface area contributed by atoms with Gasteiger partial charge < -0.3 is 0 Å². The first-order chi connectivity index (χ1) is 11.4. The number of rotatable bonds is 6. The number of amides is 1. The van der Waals surface area contributed by atoms with Crippen molar-refractivity contribution in [2.75, 3.05) is 13.1 Å². The maximum absolute atomic E-state index is 12.6. The molecule has 1 amide bonds. The Labute approximate surface area is 144 Å². The normalized spacial score (nSPS) is 16.6. The van der Waals surface area contributed by atoms with Crippen LogP contribution in [0.15, 0.2) is 34.3 Å². The molecule has 6 nitrogen and oxygen atoms in total. The quantitative estimate of drug-likeness (QED) is 0.632. The second kappa shape index (κ2) is 7.90. The van der Waals surface area contributed by atoms with Gasteiger partial charge in [-0.05, 0) is 43.4 Å². The van der Waals surface area contributed by atoms with Gasteiger partial charge in [0.2, 0.25) is 10.0 Å². The third kappa shape index (κ3) is 4.21. The number of nitrogens with one attached hydrogen (secondary N) is 1. The van der Waals surface area contributed by atoms with Gasteiger partial charge in [0.15, 0.2) is 0 Å². The predicted octanol–water partition coefficient (Wildman–Crippen LogP) is 2.62. The zero-order chi connectivity index (χ0) is 17.7. The van der Waals surface area contributed by atoms with E-state index in [0.717, 1.165) is 25.0 Å². The molecule has 1 aliphatic rings. The Hall–Kier alpha value is -1.73. The summed E-state index contributed by atoms with van der Waals surface area (Å²) in [5.41, 5.74) is 3.70. The molecular weight excluding hydrogens is 326 g/mol. The zero-order valence-electron chi connectivity index (χ0n) is 14.4. The van der Waals surface area contributed by atoms with E-state index < -0.39 is 15.9 Å². The van der Waals surface area contributed by atoms with Crippen molar-refractivity contribution in [1.29, 1.82) is 0 Å². The molecule has 1 heterocycles. The SMILES string of the molecule is CC/C(=N/NC(=O)c1cccc(S(=O)(=O)N2CCCC2)c1)C(C)C. The molecule has 1 N–H and O–H groups in total. The maximum Gasteiger partial charge on any atom is 0.271 e. The molecule has 7 heteroatoms. The smallest absolute Gasteiger partial charge is 0.267 e. The highest BCUT2D eigenvalue weighted by Crippen LogP contribution is 2.21. The van der Waals surface area contributed by atoms with Crippen molar-refractivity contribution in [3.63, 3.8) is 0 Å². The Morgan fingerprint density at radius 1 is 1.29 bits per heavy atom. The molecule has 0 spiro atoms. The van der Waals surface area contributed by atoms with Crippen molar-refractivity contribution in [1.82, 2.24) is 9.73 Å². The van der Waals surface area contributed by atoms with Gasteiger partial charge in [-0.1, -0.05) is 26.8 Å². The lowest BCUT2D eigenvalue weighted by molar-refractivity contribution is 0.0954. The first-order valence-electron chi connectivity index (χ1n) is 8.33. The Balaban J connectivity index is 2.19. The molecule has 0 aromatic heterocycles. The highest BCUT2D eigenvalue weighted by atomic mass is 32.2. The molecular formula is C17H25N3O3S. The fourth-order valence-electron chi connectivity index (χ4n) is 2.68. The molecule has 0 saturated carbocycles. The molecule has 0 radical (unpaired) electrons. The molecule has 2 rings (SSSR count). The van der Waals surface area contributed by atoms with Gasteiger partial charge in [-0.2, -0.15) is 9.41 Å². The molecule has 1 fully saturated rings. The van der Waals surface area contributed by atoms with Gasteiger partial charge in [0, 0.05) is 24.4 Å². The van der Waals surface area contributed by atoms with Gasteiger partial charge in [-0.3, -0.25) is 4.79 Å². The highest BCUT2D eigenvalue weighted by Gasteiger charge is 2.27. The van der Waals surface area contributed by atoms with Crippen molar-refractivity contribution in [3.05, 3.63) is 29.8 Å². The number of carbonyl (C=O) groups excluding carboxylic acids is 1. The minimum atomic E-state index is -3.53. The summed E-state index contributed by atoms with van der Waals surface area (Å²) in [6, 6.07) is 6.12. The fraction of sp³-hybridized carbons (Fsp3) is 0.529. The van der Waals surface area contributed by atoms with Crippen LogP contribution in [0.5, 0.6) is 0 Å². The zero-order valence-corrected chi connectivity index (χ0v) is 15.3. The van der Waals surface area contributed by atoms with Crippen molar-refractivity contribution < 1.29 is 13.2 Å². The average Bonchev–Trinajstić information content (AvgIpc) is 3.10. The predicted molar refractivity (Wildman–Crippen MR) is 94.5 cm³/mol.